The number of nitrogens with two attached hydrogens (primary N) is 1. The van der Waals surface area contributed by atoms with Crippen LogP contribution in [0.15, 0.2) is 28.7 Å². The molecular weight excluding hydrogens is 270 g/mol. The van der Waals surface area contributed by atoms with Gasteiger partial charge < -0.3 is 5.73 Å². The van der Waals surface area contributed by atoms with E-state index in [-0.39, 0.29) is 10.9 Å². The zero-order chi connectivity index (χ0) is 13.3. The molecule has 2 N–H and O–H groups in total. The number of aromatic nitrogens is 2. The lowest BCUT2D eigenvalue weighted by Crippen LogP contribution is -2.20. The molecule has 0 fully saturated rings. The first-order chi connectivity index (χ1) is 8.43. The zero-order valence-corrected chi connectivity index (χ0v) is 11.8. The van der Waals surface area contributed by atoms with Gasteiger partial charge in [-0.25, -0.2) is 8.42 Å². The van der Waals surface area contributed by atoms with Crippen molar-refractivity contribution in [1.29, 1.82) is 0 Å². The van der Waals surface area contributed by atoms with Gasteiger partial charge in [0.05, 0.1) is 12.2 Å². The summed E-state index contributed by atoms with van der Waals surface area (Å²) < 4.78 is 24.5. The Hall–Kier alpha value is -1.18. The number of nitrogens with zero attached hydrogens (tertiary/aromatic N) is 2. The van der Waals surface area contributed by atoms with E-state index in [1.54, 1.807) is 16.0 Å². The molecule has 2 aromatic heterocycles. The fraction of sp³-hybridized carbons (Fsp3) is 0.364. The van der Waals surface area contributed by atoms with Crippen molar-refractivity contribution in [3.05, 3.63) is 34.3 Å². The van der Waals surface area contributed by atoms with Gasteiger partial charge in [-0.1, -0.05) is 0 Å². The molecule has 2 heterocycles. The Labute approximate surface area is 110 Å². The standard InChI is InChI=1S/C11H15N3O2S2/c1-8-3-4-17-11(8)10(5-12)14-7-9(6-13-14)18(2,15)16/h3-4,6-7,10H,5,12H2,1-2H3. The average molecular weight is 285 g/mol. The van der Waals surface area contributed by atoms with E-state index < -0.39 is 9.84 Å². The summed E-state index contributed by atoms with van der Waals surface area (Å²) in [4.78, 5) is 1.33. The Kier molecular flexibility index (Phi) is 3.56. The maximum Gasteiger partial charge on any atom is 0.178 e. The van der Waals surface area contributed by atoms with Crippen LogP contribution in [0.3, 0.4) is 0 Å². The highest BCUT2D eigenvalue weighted by Gasteiger charge is 2.19. The third-order valence-electron chi connectivity index (χ3n) is 2.75. The van der Waals surface area contributed by atoms with E-state index >= 15 is 0 Å². The molecule has 2 aromatic rings. The Bertz CT molecular complexity index is 643. The summed E-state index contributed by atoms with van der Waals surface area (Å²) in [7, 11) is -3.22. The second-order valence-corrected chi connectivity index (χ2v) is 7.11. The van der Waals surface area contributed by atoms with Crippen LogP contribution in [0, 0.1) is 6.92 Å². The molecule has 0 radical (unpaired) electrons. The van der Waals surface area contributed by atoms with Gasteiger partial charge in [-0.15, -0.1) is 11.3 Å². The molecule has 0 amide bonds. The van der Waals surface area contributed by atoms with Crippen LogP contribution in [0.2, 0.25) is 0 Å². The van der Waals surface area contributed by atoms with Crippen LogP contribution in [-0.4, -0.2) is 31.0 Å². The molecule has 98 valence electrons. The van der Waals surface area contributed by atoms with Crippen molar-refractivity contribution < 1.29 is 8.42 Å². The molecule has 18 heavy (non-hydrogen) atoms. The first-order valence-electron chi connectivity index (χ1n) is 5.41. The molecule has 1 unspecified atom stereocenters. The third kappa shape index (κ3) is 2.47. The molecule has 0 bridgehead atoms. The molecule has 0 aliphatic heterocycles. The van der Waals surface area contributed by atoms with Crippen molar-refractivity contribution >= 4 is 21.2 Å². The highest BCUT2D eigenvalue weighted by molar-refractivity contribution is 7.90. The average Bonchev–Trinajstić information content (AvgIpc) is 2.89. The molecule has 2 rings (SSSR count). The molecular formula is C11H15N3O2S2. The van der Waals surface area contributed by atoms with Crippen LogP contribution in [0.4, 0.5) is 0 Å². The SMILES string of the molecule is Cc1ccsc1C(CN)n1cc(S(C)(=O)=O)cn1. The largest absolute Gasteiger partial charge is 0.328 e. The van der Waals surface area contributed by atoms with Crippen LogP contribution < -0.4 is 5.73 Å². The molecule has 7 heteroatoms. The Balaban J connectivity index is 2.41. The lowest BCUT2D eigenvalue weighted by molar-refractivity contribution is 0.536. The van der Waals surface area contributed by atoms with Gasteiger partial charge >= 0.3 is 0 Å². The lowest BCUT2D eigenvalue weighted by Gasteiger charge is -2.14. The number of thiophene rings is 1. The van der Waals surface area contributed by atoms with E-state index in [1.165, 1.54) is 18.6 Å². The van der Waals surface area contributed by atoms with Crippen LogP contribution in [0.25, 0.3) is 0 Å². The van der Waals surface area contributed by atoms with E-state index in [0.29, 0.717) is 6.54 Å². The van der Waals surface area contributed by atoms with Gasteiger partial charge in [-0.2, -0.15) is 5.10 Å². The minimum absolute atomic E-state index is 0.111. The second-order valence-electron chi connectivity index (χ2n) is 4.15. The van der Waals surface area contributed by atoms with Crippen LogP contribution in [0.1, 0.15) is 16.5 Å². The summed E-state index contributed by atoms with van der Waals surface area (Å²) >= 11 is 1.60. The molecule has 0 aliphatic rings. The summed E-state index contributed by atoms with van der Waals surface area (Å²) in [5.41, 5.74) is 6.92. The highest BCUT2D eigenvalue weighted by atomic mass is 32.2. The Morgan fingerprint density at radius 2 is 2.28 bits per heavy atom. The summed E-state index contributed by atoms with van der Waals surface area (Å²) in [5, 5.41) is 6.11. The smallest absolute Gasteiger partial charge is 0.178 e. The molecule has 0 saturated heterocycles. The zero-order valence-electron chi connectivity index (χ0n) is 10.2. The fourth-order valence-corrected chi connectivity index (χ4v) is 3.32. The van der Waals surface area contributed by atoms with Crippen molar-refractivity contribution in [2.45, 2.75) is 17.9 Å². The molecule has 0 aliphatic carbocycles. The molecule has 0 spiro atoms. The molecule has 1 atom stereocenters. The van der Waals surface area contributed by atoms with Gasteiger partial charge in [0.25, 0.3) is 0 Å². The first-order valence-corrected chi connectivity index (χ1v) is 8.19. The van der Waals surface area contributed by atoms with Crippen molar-refractivity contribution in [1.82, 2.24) is 9.78 Å². The van der Waals surface area contributed by atoms with E-state index in [9.17, 15) is 8.42 Å². The second kappa shape index (κ2) is 4.83. The van der Waals surface area contributed by atoms with E-state index in [2.05, 4.69) is 5.10 Å². The van der Waals surface area contributed by atoms with E-state index in [4.69, 9.17) is 5.73 Å². The van der Waals surface area contributed by atoms with E-state index in [1.807, 2.05) is 18.4 Å². The summed E-state index contributed by atoms with van der Waals surface area (Å²) in [6, 6.07) is 1.91. The highest BCUT2D eigenvalue weighted by Crippen LogP contribution is 2.26. The van der Waals surface area contributed by atoms with Gasteiger partial charge in [-0.3, -0.25) is 4.68 Å². The maximum absolute atomic E-state index is 11.4. The Morgan fingerprint density at radius 1 is 1.56 bits per heavy atom. The number of hydrogen-bond donors (Lipinski definition) is 1. The van der Waals surface area contributed by atoms with Crippen LogP contribution in [0.5, 0.6) is 0 Å². The number of rotatable bonds is 4. The maximum atomic E-state index is 11.4. The quantitative estimate of drug-likeness (QED) is 0.915. The molecule has 0 saturated carbocycles. The summed E-state index contributed by atoms with van der Waals surface area (Å²) in [6.45, 7) is 2.39. The lowest BCUT2D eigenvalue weighted by atomic mass is 10.2. The molecule has 0 aromatic carbocycles. The fourth-order valence-electron chi connectivity index (χ4n) is 1.74. The predicted molar refractivity (Wildman–Crippen MR) is 71.6 cm³/mol. The normalized spacial score (nSPS) is 13.7. The van der Waals surface area contributed by atoms with E-state index in [0.717, 1.165) is 10.4 Å². The summed E-state index contributed by atoms with van der Waals surface area (Å²) in [5.74, 6) is 0. The number of aryl methyl sites for hydroxylation is 1. The Morgan fingerprint density at radius 3 is 2.72 bits per heavy atom. The first kappa shape index (κ1) is 13.3. The van der Waals surface area contributed by atoms with Crippen LogP contribution >= 0.6 is 11.3 Å². The van der Waals surface area contributed by atoms with Gasteiger partial charge in [-0.05, 0) is 23.9 Å². The minimum atomic E-state index is -3.22. The van der Waals surface area contributed by atoms with Crippen molar-refractivity contribution in [3.63, 3.8) is 0 Å². The van der Waals surface area contributed by atoms with Gasteiger partial charge in [0, 0.05) is 23.9 Å². The van der Waals surface area contributed by atoms with Crippen molar-refractivity contribution in [2.24, 2.45) is 5.73 Å². The predicted octanol–water partition coefficient (Wildman–Crippen LogP) is 1.20. The number of hydrogen-bond acceptors (Lipinski definition) is 5. The van der Waals surface area contributed by atoms with Gasteiger partial charge in [0.15, 0.2) is 9.84 Å². The van der Waals surface area contributed by atoms with Crippen LogP contribution in [-0.2, 0) is 9.84 Å². The van der Waals surface area contributed by atoms with Gasteiger partial charge in [0.1, 0.15) is 4.90 Å². The topological polar surface area (TPSA) is 78.0 Å². The third-order valence-corrected chi connectivity index (χ3v) is 4.94. The van der Waals surface area contributed by atoms with Crippen molar-refractivity contribution in [3.8, 4) is 0 Å². The molecule has 5 nitrogen and oxygen atoms in total. The number of sulfone groups is 1. The van der Waals surface area contributed by atoms with Crippen molar-refractivity contribution in [2.75, 3.05) is 12.8 Å². The monoisotopic (exact) mass is 285 g/mol. The van der Waals surface area contributed by atoms with Gasteiger partial charge in [0.2, 0.25) is 0 Å². The summed E-state index contributed by atoms with van der Waals surface area (Å²) in [6.07, 6.45) is 4.06. The minimum Gasteiger partial charge on any atom is -0.328 e.